The van der Waals surface area contributed by atoms with Crippen molar-refractivity contribution in [2.75, 3.05) is 5.75 Å². The molecular formula is C43H49BrN2O4S2. The van der Waals surface area contributed by atoms with Gasteiger partial charge in [-0.05, 0) is 54.1 Å². The fourth-order valence-corrected chi connectivity index (χ4v) is 11.3. The van der Waals surface area contributed by atoms with Gasteiger partial charge in [0.05, 0.1) is 17.6 Å². The largest absolute Gasteiger partial charge is 1.00 e. The van der Waals surface area contributed by atoms with Crippen LogP contribution in [-0.4, -0.2) is 39.8 Å². The van der Waals surface area contributed by atoms with Crippen LogP contribution in [0.15, 0.2) is 101 Å². The first-order chi connectivity index (χ1) is 24.5. The van der Waals surface area contributed by atoms with Gasteiger partial charge in [-0.25, -0.2) is 9.55 Å². The maximum Gasteiger partial charge on any atom is 0.316 e. The van der Waals surface area contributed by atoms with Crippen LogP contribution in [0.25, 0.3) is 22.4 Å². The Kier molecular flexibility index (Phi) is 11.4. The van der Waals surface area contributed by atoms with E-state index in [9.17, 15) is 14.7 Å². The zero-order chi connectivity index (χ0) is 36.0. The number of thiazole rings is 1. The number of carbonyl (C=O) groups excluding carboxylic acids is 2. The molecule has 2 aromatic heterocycles. The predicted molar refractivity (Wildman–Crippen MR) is 204 cm³/mol. The quantitative estimate of drug-likeness (QED) is 0.0997. The molecule has 0 radical (unpaired) electrons. The molecule has 3 aliphatic carbocycles. The average molecular weight is 802 g/mol. The smallest absolute Gasteiger partial charge is 0.316 e. The lowest BCUT2D eigenvalue weighted by molar-refractivity contribution is -0.688. The third kappa shape index (κ3) is 6.99. The minimum atomic E-state index is -0.676. The number of esters is 1. The Morgan fingerprint density at radius 3 is 2.42 bits per heavy atom. The predicted octanol–water partition coefficient (Wildman–Crippen LogP) is 5.82. The van der Waals surface area contributed by atoms with Crippen molar-refractivity contribution in [3.8, 4) is 22.4 Å². The summed E-state index contributed by atoms with van der Waals surface area (Å²) in [6, 6.07) is 23.2. The van der Waals surface area contributed by atoms with Crippen molar-refractivity contribution in [2.45, 2.75) is 82.9 Å². The van der Waals surface area contributed by atoms with Crippen molar-refractivity contribution in [1.82, 2.24) is 4.98 Å². The first-order valence-electron chi connectivity index (χ1n) is 18.2. The van der Waals surface area contributed by atoms with Gasteiger partial charge in [0.25, 0.3) is 0 Å². The van der Waals surface area contributed by atoms with Gasteiger partial charge in [-0.2, -0.15) is 0 Å². The molecule has 0 unspecified atom stereocenters. The Bertz CT molecular complexity index is 1900. The second-order valence-electron chi connectivity index (χ2n) is 15.7. The van der Waals surface area contributed by atoms with Crippen LogP contribution in [0.5, 0.6) is 0 Å². The van der Waals surface area contributed by atoms with E-state index in [1.165, 1.54) is 39.8 Å². The number of aliphatic hydroxyl groups excluding tert-OH is 1. The fraction of sp³-hybridized carbons (Fsp3) is 0.442. The van der Waals surface area contributed by atoms with Crippen molar-refractivity contribution >= 4 is 34.9 Å². The van der Waals surface area contributed by atoms with Crippen molar-refractivity contribution in [3.63, 3.8) is 0 Å². The third-order valence-electron chi connectivity index (χ3n) is 13.0. The molecule has 2 bridgehead atoms. The van der Waals surface area contributed by atoms with Crippen molar-refractivity contribution in [1.29, 1.82) is 0 Å². The Labute approximate surface area is 326 Å². The molecule has 3 fully saturated rings. The van der Waals surface area contributed by atoms with Gasteiger partial charge in [-0.15, -0.1) is 17.9 Å². The van der Waals surface area contributed by atoms with Crippen LogP contribution < -0.4 is 21.5 Å². The first-order valence-corrected chi connectivity index (χ1v) is 20.1. The van der Waals surface area contributed by atoms with Crippen LogP contribution in [0.3, 0.4) is 0 Å². The van der Waals surface area contributed by atoms with Crippen LogP contribution in [0.1, 0.15) is 65.4 Å². The fourth-order valence-electron chi connectivity index (χ4n) is 9.65. The molecule has 9 heteroatoms. The van der Waals surface area contributed by atoms with E-state index in [0.29, 0.717) is 12.8 Å². The highest BCUT2D eigenvalue weighted by Crippen LogP contribution is 2.68. The molecule has 52 heavy (non-hydrogen) atoms. The summed E-state index contributed by atoms with van der Waals surface area (Å²) in [6.45, 7) is 13.4. The zero-order valence-electron chi connectivity index (χ0n) is 30.5. The van der Waals surface area contributed by atoms with Crippen LogP contribution >= 0.6 is 23.1 Å². The summed E-state index contributed by atoms with van der Waals surface area (Å²) in [5, 5.41) is 13.8. The van der Waals surface area contributed by atoms with Gasteiger partial charge in [0.1, 0.15) is 11.9 Å². The van der Waals surface area contributed by atoms with Crippen molar-refractivity contribution in [2.24, 2.45) is 34.0 Å². The Hall–Kier alpha value is -3.11. The molecule has 3 aliphatic rings. The number of hydrogen-bond acceptors (Lipinski definition) is 7. The Morgan fingerprint density at radius 2 is 1.73 bits per heavy atom. The number of benzene rings is 2. The normalized spacial score (nSPS) is 31.1. The summed E-state index contributed by atoms with van der Waals surface area (Å²) in [6.07, 6.45) is 8.42. The molecular weight excluding hydrogens is 753 g/mol. The highest BCUT2D eigenvalue weighted by Gasteiger charge is 2.68. The van der Waals surface area contributed by atoms with Crippen LogP contribution in [0.4, 0.5) is 0 Å². The first kappa shape index (κ1) is 38.6. The molecule has 6 nitrogen and oxygen atoms in total. The van der Waals surface area contributed by atoms with Gasteiger partial charge < -0.3 is 26.8 Å². The Morgan fingerprint density at radius 1 is 1.04 bits per heavy atom. The summed E-state index contributed by atoms with van der Waals surface area (Å²) < 4.78 is 9.39. The number of thioether (sulfide) groups is 1. The second kappa shape index (κ2) is 15.3. The number of pyridine rings is 1. The number of nitrogens with zero attached hydrogens (tertiary/aromatic N) is 2. The van der Waals surface area contributed by atoms with E-state index in [-0.39, 0.29) is 57.7 Å². The van der Waals surface area contributed by atoms with Gasteiger partial charge in [-0.1, -0.05) is 100 Å². The SMILES string of the molecule is C=C[C@]1(C)C[C@@H](OC(=O)CSc2nc(-c3cc[n+](Cc4ccc(-c5ccccc5)cc4)cc3)cs2)[C@]2(C)[C@H](C)CC[C@]3(CCC(=O)[C@H]32)[C@@H](C)[C@@H]1O.[Br-]. The van der Waals surface area contributed by atoms with E-state index in [1.54, 1.807) is 0 Å². The maximum atomic E-state index is 13.7. The highest BCUT2D eigenvalue weighted by molar-refractivity contribution is 8.01. The summed E-state index contributed by atoms with van der Waals surface area (Å²) in [7, 11) is 0. The van der Waals surface area contributed by atoms with E-state index in [2.05, 4.69) is 105 Å². The van der Waals surface area contributed by atoms with Gasteiger partial charge in [0.15, 0.2) is 23.3 Å². The summed E-state index contributed by atoms with van der Waals surface area (Å²) >= 11 is 2.91. The van der Waals surface area contributed by atoms with E-state index < -0.39 is 23.0 Å². The lowest BCUT2D eigenvalue weighted by atomic mass is 9.44. The van der Waals surface area contributed by atoms with Crippen LogP contribution in [0.2, 0.25) is 0 Å². The van der Waals surface area contributed by atoms with Crippen molar-refractivity contribution < 1.29 is 41.0 Å². The minimum absolute atomic E-state index is 0. The molecule has 1 N–H and O–H groups in total. The molecule has 0 aliphatic heterocycles. The molecule has 0 saturated heterocycles. The molecule has 3 saturated carbocycles. The van der Waals surface area contributed by atoms with E-state index >= 15 is 0 Å². The second-order valence-corrected chi connectivity index (χ2v) is 17.8. The molecule has 274 valence electrons. The van der Waals surface area contributed by atoms with Gasteiger partial charge in [0.2, 0.25) is 0 Å². The van der Waals surface area contributed by atoms with Gasteiger partial charge >= 0.3 is 5.97 Å². The van der Waals surface area contributed by atoms with Crippen LogP contribution in [-0.2, 0) is 20.9 Å². The number of rotatable bonds is 9. The molecule has 8 atom stereocenters. The maximum absolute atomic E-state index is 13.7. The number of ketones is 1. The topological polar surface area (TPSA) is 80.4 Å². The van der Waals surface area contributed by atoms with E-state index in [4.69, 9.17) is 9.72 Å². The number of aliphatic hydroxyl groups is 1. The monoisotopic (exact) mass is 800 g/mol. The third-order valence-corrected chi connectivity index (χ3v) is 15.0. The number of aromatic nitrogens is 2. The van der Waals surface area contributed by atoms with Crippen LogP contribution in [0, 0.1) is 34.0 Å². The number of Topliss-reactive ketones (excluding diaryl/α,β-unsaturated/α-hetero) is 1. The Balaban J connectivity index is 0.00000464. The number of halogens is 1. The van der Waals surface area contributed by atoms with E-state index in [0.717, 1.165) is 41.4 Å². The minimum Gasteiger partial charge on any atom is -1.00 e. The molecule has 2 heterocycles. The molecule has 7 rings (SSSR count). The van der Waals surface area contributed by atoms with Crippen molar-refractivity contribution in [3.05, 3.63) is 103 Å². The lowest BCUT2D eigenvalue weighted by Crippen LogP contribution is -3.00. The number of ether oxygens (including phenoxy) is 1. The molecule has 0 spiro atoms. The zero-order valence-corrected chi connectivity index (χ0v) is 33.7. The van der Waals surface area contributed by atoms with Gasteiger partial charge in [-0.3, -0.25) is 9.59 Å². The highest BCUT2D eigenvalue weighted by atomic mass is 79.9. The average Bonchev–Trinajstić information content (AvgIpc) is 3.77. The summed E-state index contributed by atoms with van der Waals surface area (Å²) in [4.78, 5) is 32.1. The summed E-state index contributed by atoms with van der Waals surface area (Å²) in [5.74, 6) is -0.0131. The standard InChI is InChI=1S/C43H49N2O4S2.BrH/c1-6-41(4)24-36(42(5)28(2)16-20-43(29(3)39(41)48)21-17-35(46)38(42)43)49-37(47)27-51-40-44-34(26-50-40)33-18-22-45(23-19-33)25-30-12-14-32(15-13-30)31-10-8-7-9-11-31;/h6-15,18-19,22-23,26,28-29,36,38-39,48H,1,16-17,20-21,24-25,27H2,2-5H3;1H/q+1;/p-1/t28-,29+,36-,38+,39+,41-,42+,43+;/m1./s1. The summed E-state index contributed by atoms with van der Waals surface area (Å²) in [5.41, 5.74) is 4.09. The van der Waals surface area contributed by atoms with E-state index in [1.807, 2.05) is 24.4 Å². The molecule has 2 aromatic carbocycles. The van der Waals surface area contributed by atoms with Gasteiger partial charge in [0, 0.05) is 51.8 Å². The lowest BCUT2D eigenvalue weighted by Gasteiger charge is -2.61. The molecule has 0 amide bonds. The molecule has 4 aromatic rings. The number of carbonyl (C=O) groups is 2. The number of hydrogen-bond donors (Lipinski definition) is 1.